The van der Waals surface area contributed by atoms with Crippen LogP contribution in [-0.2, 0) is 0 Å². The maximum atomic E-state index is 10.6. The highest BCUT2D eigenvalue weighted by atomic mass is 16.5. The summed E-state index contributed by atoms with van der Waals surface area (Å²) in [4.78, 5) is 10.6. The standard InChI is InChI=1S/C14H20O4/c1-2-12(15)5-3-4-10-18-13-8-6-11(7-9-13)14(16)17/h6-9,12,15H,2-5,10H2,1H3,(H,16,17). The van der Waals surface area contributed by atoms with Gasteiger partial charge in [-0.05, 0) is 49.9 Å². The largest absolute Gasteiger partial charge is 0.494 e. The quantitative estimate of drug-likeness (QED) is 0.698. The Hall–Kier alpha value is -1.55. The van der Waals surface area contributed by atoms with Crippen LogP contribution in [0.15, 0.2) is 24.3 Å². The third-order valence-electron chi connectivity index (χ3n) is 2.77. The number of carboxylic acids is 1. The van der Waals surface area contributed by atoms with E-state index in [2.05, 4.69) is 0 Å². The Morgan fingerprint density at radius 3 is 2.50 bits per heavy atom. The number of benzene rings is 1. The predicted molar refractivity (Wildman–Crippen MR) is 69.0 cm³/mol. The van der Waals surface area contributed by atoms with Gasteiger partial charge < -0.3 is 14.9 Å². The van der Waals surface area contributed by atoms with Gasteiger partial charge in [-0.2, -0.15) is 0 Å². The van der Waals surface area contributed by atoms with Crippen LogP contribution in [0.25, 0.3) is 0 Å². The molecule has 18 heavy (non-hydrogen) atoms. The number of aromatic carboxylic acids is 1. The second-order valence-corrected chi connectivity index (χ2v) is 4.24. The molecule has 0 aliphatic carbocycles. The van der Waals surface area contributed by atoms with E-state index in [-0.39, 0.29) is 11.7 Å². The van der Waals surface area contributed by atoms with Gasteiger partial charge in [0.25, 0.3) is 0 Å². The van der Waals surface area contributed by atoms with E-state index >= 15 is 0 Å². The molecule has 0 saturated carbocycles. The molecular formula is C14H20O4. The molecule has 0 amide bonds. The molecule has 0 aliphatic heterocycles. The van der Waals surface area contributed by atoms with Crippen molar-refractivity contribution in [3.63, 3.8) is 0 Å². The van der Waals surface area contributed by atoms with Crippen LogP contribution in [0, 0.1) is 0 Å². The van der Waals surface area contributed by atoms with Crippen LogP contribution in [-0.4, -0.2) is 28.9 Å². The van der Waals surface area contributed by atoms with Gasteiger partial charge in [0.05, 0.1) is 18.3 Å². The molecule has 4 heteroatoms. The number of ether oxygens (including phenoxy) is 1. The summed E-state index contributed by atoms with van der Waals surface area (Å²) in [6, 6.07) is 6.37. The van der Waals surface area contributed by atoms with E-state index in [1.165, 1.54) is 12.1 Å². The molecule has 0 heterocycles. The average Bonchev–Trinajstić information content (AvgIpc) is 2.38. The zero-order valence-corrected chi connectivity index (χ0v) is 10.6. The van der Waals surface area contributed by atoms with E-state index in [1.54, 1.807) is 12.1 Å². The number of carboxylic acid groups (broad SMARTS) is 1. The fourth-order valence-electron chi connectivity index (χ4n) is 1.57. The predicted octanol–water partition coefficient (Wildman–Crippen LogP) is 2.70. The van der Waals surface area contributed by atoms with Crippen molar-refractivity contribution in [3.8, 4) is 5.75 Å². The molecule has 0 spiro atoms. The highest BCUT2D eigenvalue weighted by molar-refractivity contribution is 5.87. The van der Waals surface area contributed by atoms with E-state index in [1.807, 2.05) is 6.92 Å². The molecule has 1 rings (SSSR count). The number of aliphatic hydroxyl groups is 1. The van der Waals surface area contributed by atoms with Crippen molar-refractivity contribution >= 4 is 5.97 Å². The normalized spacial score (nSPS) is 12.1. The smallest absolute Gasteiger partial charge is 0.335 e. The van der Waals surface area contributed by atoms with E-state index in [0.29, 0.717) is 12.4 Å². The zero-order chi connectivity index (χ0) is 13.4. The van der Waals surface area contributed by atoms with Crippen molar-refractivity contribution in [1.29, 1.82) is 0 Å². The molecule has 100 valence electrons. The molecule has 2 N–H and O–H groups in total. The lowest BCUT2D eigenvalue weighted by Gasteiger charge is -2.08. The SMILES string of the molecule is CCC(O)CCCCOc1ccc(C(=O)O)cc1. The number of hydrogen-bond acceptors (Lipinski definition) is 3. The summed E-state index contributed by atoms with van der Waals surface area (Å²) in [5.41, 5.74) is 0.258. The number of unbranched alkanes of at least 4 members (excludes halogenated alkanes) is 1. The summed E-state index contributed by atoms with van der Waals surface area (Å²) >= 11 is 0. The Balaban J connectivity index is 2.21. The Morgan fingerprint density at radius 2 is 1.94 bits per heavy atom. The zero-order valence-electron chi connectivity index (χ0n) is 10.6. The molecule has 1 aromatic rings. The van der Waals surface area contributed by atoms with E-state index in [0.717, 1.165) is 25.7 Å². The first-order valence-electron chi connectivity index (χ1n) is 6.27. The van der Waals surface area contributed by atoms with E-state index < -0.39 is 5.97 Å². The Bertz CT molecular complexity index is 359. The van der Waals surface area contributed by atoms with Crippen LogP contribution in [0.3, 0.4) is 0 Å². The average molecular weight is 252 g/mol. The van der Waals surface area contributed by atoms with Gasteiger partial charge in [-0.15, -0.1) is 0 Å². The molecule has 0 fully saturated rings. The van der Waals surface area contributed by atoms with Crippen molar-refractivity contribution in [2.45, 2.75) is 38.7 Å². The lowest BCUT2D eigenvalue weighted by molar-refractivity contribution is 0.0697. The fourth-order valence-corrected chi connectivity index (χ4v) is 1.57. The van der Waals surface area contributed by atoms with Crippen molar-refractivity contribution in [2.75, 3.05) is 6.61 Å². The minimum absolute atomic E-state index is 0.208. The number of carbonyl (C=O) groups is 1. The van der Waals surface area contributed by atoms with E-state index in [9.17, 15) is 9.90 Å². The highest BCUT2D eigenvalue weighted by Crippen LogP contribution is 2.13. The molecule has 1 unspecified atom stereocenters. The molecule has 0 saturated heterocycles. The molecule has 1 aromatic carbocycles. The third kappa shape index (κ3) is 5.19. The molecule has 0 radical (unpaired) electrons. The summed E-state index contributed by atoms with van der Waals surface area (Å²) in [6.45, 7) is 2.55. The minimum Gasteiger partial charge on any atom is -0.494 e. The fraction of sp³-hybridized carbons (Fsp3) is 0.500. The maximum absolute atomic E-state index is 10.6. The van der Waals surface area contributed by atoms with Crippen LogP contribution < -0.4 is 4.74 Å². The first-order valence-corrected chi connectivity index (χ1v) is 6.27. The van der Waals surface area contributed by atoms with Gasteiger partial charge in [-0.1, -0.05) is 6.92 Å². The summed E-state index contributed by atoms with van der Waals surface area (Å²) in [7, 11) is 0. The van der Waals surface area contributed by atoms with E-state index in [4.69, 9.17) is 9.84 Å². The van der Waals surface area contributed by atoms with Crippen molar-refractivity contribution in [1.82, 2.24) is 0 Å². The van der Waals surface area contributed by atoms with Gasteiger partial charge in [0.2, 0.25) is 0 Å². The molecule has 1 atom stereocenters. The van der Waals surface area contributed by atoms with Gasteiger partial charge in [0.15, 0.2) is 0 Å². The molecule has 0 aliphatic rings. The van der Waals surface area contributed by atoms with Gasteiger partial charge >= 0.3 is 5.97 Å². The van der Waals surface area contributed by atoms with Crippen molar-refractivity contribution < 1.29 is 19.7 Å². The van der Waals surface area contributed by atoms with Gasteiger partial charge in [0, 0.05) is 0 Å². The first kappa shape index (κ1) is 14.5. The third-order valence-corrected chi connectivity index (χ3v) is 2.77. The second-order valence-electron chi connectivity index (χ2n) is 4.24. The maximum Gasteiger partial charge on any atom is 0.335 e. The number of hydrogen-bond donors (Lipinski definition) is 2. The van der Waals surface area contributed by atoms with Crippen LogP contribution in [0.4, 0.5) is 0 Å². The molecule has 0 bridgehead atoms. The summed E-state index contributed by atoms with van der Waals surface area (Å²) in [6.07, 6.45) is 3.20. The summed E-state index contributed by atoms with van der Waals surface area (Å²) < 4.78 is 5.48. The van der Waals surface area contributed by atoms with Gasteiger partial charge in [-0.25, -0.2) is 4.79 Å². The summed E-state index contributed by atoms with van der Waals surface area (Å²) in [5.74, 6) is -0.258. The molecule has 4 nitrogen and oxygen atoms in total. The van der Waals surface area contributed by atoms with Crippen LogP contribution in [0.1, 0.15) is 43.0 Å². The Kier molecular flexibility index (Phi) is 6.22. The molecule has 0 aromatic heterocycles. The minimum atomic E-state index is -0.935. The van der Waals surface area contributed by atoms with Gasteiger partial charge in [-0.3, -0.25) is 0 Å². The lowest BCUT2D eigenvalue weighted by Crippen LogP contribution is -2.05. The Morgan fingerprint density at radius 1 is 1.28 bits per heavy atom. The van der Waals surface area contributed by atoms with Crippen molar-refractivity contribution in [2.24, 2.45) is 0 Å². The molecular weight excluding hydrogens is 232 g/mol. The van der Waals surface area contributed by atoms with Gasteiger partial charge in [0.1, 0.15) is 5.75 Å². The first-order chi connectivity index (χ1) is 8.63. The van der Waals surface area contributed by atoms with Crippen LogP contribution in [0.2, 0.25) is 0 Å². The highest BCUT2D eigenvalue weighted by Gasteiger charge is 2.02. The second kappa shape index (κ2) is 7.71. The number of aliphatic hydroxyl groups excluding tert-OH is 1. The van der Waals surface area contributed by atoms with Crippen LogP contribution >= 0.6 is 0 Å². The lowest BCUT2D eigenvalue weighted by atomic mass is 10.1. The Labute approximate surface area is 107 Å². The van der Waals surface area contributed by atoms with Crippen LogP contribution in [0.5, 0.6) is 5.75 Å². The summed E-state index contributed by atoms with van der Waals surface area (Å²) in [5, 5.41) is 18.1. The topological polar surface area (TPSA) is 66.8 Å². The van der Waals surface area contributed by atoms with Crippen molar-refractivity contribution in [3.05, 3.63) is 29.8 Å². The number of rotatable bonds is 8. The monoisotopic (exact) mass is 252 g/mol.